The number of furan rings is 1. The van der Waals surface area contributed by atoms with Crippen molar-refractivity contribution in [2.45, 2.75) is 13.0 Å². The van der Waals surface area contributed by atoms with Gasteiger partial charge >= 0.3 is 0 Å². The Morgan fingerprint density at radius 3 is 2.60 bits per heavy atom. The molecule has 3 nitrogen and oxygen atoms in total. The molecule has 0 unspecified atom stereocenters. The lowest BCUT2D eigenvalue weighted by Gasteiger charge is -2.02. The van der Waals surface area contributed by atoms with Crippen molar-refractivity contribution in [1.82, 2.24) is 5.32 Å². The first-order valence-corrected chi connectivity index (χ1v) is 6.71. The monoisotopic (exact) mass is 315 g/mol. The highest BCUT2D eigenvalue weighted by Gasteiger charge is 2.04. The Hall–Kier alpha value is -1.00. The number of nitrogens with one attached hydrogen (secondary N) is 1. The van der Waals surface area contributed by atoms with E-state index in [0.717, 1.165) is 48.2 Å². The fourth-order valence-electron chi connectivity index (χ4n) is 1.80. The van der Waals surface area contributed by atoms with Crippen LogP contribution in [-0.2, 0) is 11.3 Å². The number of benzene rings is 1. The summed E-state index contributed by atoms with van der Waals surface area (Å²) in [6.07, 6.45) is 1.00. The third kappa shape index (κ3) is 5.17. The van der Waals surface area contributed by atoms with Crippen LogP contribution in [0.25, 0.3) is 11.3 Å². The number of hydrogen-bond acceptors (Lipinski definition) is 3. The van der Waals surface area contributed by atoms with Crippen LogP contribution in [0.1, 0.15) is 12.2 Å². The van der Waals surface area contributed by atoms with E-state index < -0.39 is 0 Å². The number of methoxy groups -OCH3 is 1. The largest absolute Gasteiger partial charge is 0.460 e. The van der Waals surface area contributed by atoms with Gasteiger partial charge in [-0.2, -0.15) is 0 Å². The van der Waals surface area contributed by atoms with Gasteiger partial charge in [0.1, 0.15) is 11.5 Å². The van der Waals surface area contributed by atoms with Crippen molar-refractivity contribution < 1.29 is 9.15 Å². The number of rotatable bonds is 7. The van der Waals surface area contributed by atoms with Crippen LogP contribution in [-0.4, -0.2) is 20.3 Å². The molecular formula is C15H19Cl2NO2. The van der Waals surface area contributed by atoms with Gasteiger partial charge in [-0.3, -0.25) is 0 Å². The summed E-state index contributed by atoms with van der Waals surface area (Å²) in [6.45, 7) is 2.43. The Balaban J connectivity index is 0.00000200. The maximum absolute atomic E-state index is 5.86. The first kappa shape index (κ1) is 17.1. The molecular weight excluding hydrogens is 297 g/mol. The number of halogens is 2. The van der Waals surface area contributed by atoms with Crippen molar-refractivity contribution >= 4 is 24.0 Å². The first-order valence-electron chi connectivity index (χ1n) is 6.34. The van der Waals surface area contributed by atoms with Crippen molar-refractivity contribution in [3.8, 4) is 11.3 Å². The van der Waals surface area contributed by atoms with Crippen LogP contribution < -0.4 is 5.32 Å². The molecule has 2 aromatic rings. The van der Waals surface area contributed by atoms with Gasteiger partial charge in [0.2, 0.25) is 0 Å². The number of hydrogen-bond donors (Lipinski definition) is 1. The highest BCUT2D eigenvalue weighted by Crippen LogP contribution is 2.23. The van der Waals surface area contributed by atoms with Gasteiger partial charge in [-0.1, -0.05) is 11.6 Å². The quantitative estimate of drug-likeness (QED) is 0.779. The van der Waals surface area contributed by atoms with E-state index in [1.165, 1.54) is 0 Å². The summed E-state index contributed by atoms with van der Waals surface area (Å²) in [5, 5.41) is 4.05. The average Bonchev–Trinajstić information content (AvgIpc) is 2.88. The van der Waals surface area contributed by atoms with Gasteiger partial charge in [0.25, 0.3) is 0 Å². The van der Waals surface area contributed by atoms with Crippen LogP contribution in [0.5, 0.6) is 0 Å². The van der Waals surface area contributed by atoms with E-state index in [1.807, 2.05) is 36.4 Å². The van der Waals surface area contributed by atoms with Crippen molar-refractivity contribution in [1.29, 1.82) is 0 Å². The molecule has 0 aliphatic rings. The van der Waals surface area contributed by atoms with Gasteiger partial charge < -0.3 is 14.5 Å². The predicted octanol–water partition coefficient (Wildman–Crippen LogP) is 4.15. The normalized spacial score (nSPS) is 10.3. The molecule has 0 radical (unpaired) electrons. The molecule has 2 rings (SSSR count). The first-order chi connectivity index (χ1) is 9.29. The van der Waals surface area contributed by atoms with E-state index in [9.17, 15) is 0 Å². The highest BCUT2D eigenvalue weighted by atomic mass is 35.5. The molecule has 1 heterocycles. The van der Waals surface area contributed by atoms with Crippen LogP contribution in [0.2, 0.25) is 5.02 Å². The van der Waals surface area contributed by atoms with E-state index >= 15 is 0 Å². The minimum Gasteiger partial charge on any atom is -0.460 e. The lowest BCUT2D eigenvalue weighted by atomic mass is 10.2. The zero-order valence-electron chi connectivity index (χ0n) is 11.4. The van der Waals surface area contributed by atoms with Crippen LogP contribution in [0.4, 0.5) is 0 Å². The van der Waals surface area contributed by atoms with Crippen molar-refractivity contribution in [3.05, 3.63) is 47.2 Å². The van der Waals surface area contributed by atoms with E-state index in [4.69, 9.17) is 20.8 Å². The summed E-state index contributed by atoms with van der Waals surface area (Å²) in [5.74, 6) is 1.80. The lowest BCUT2D eigenvalue weighted by molar-refractivity contribution is 0.194. The summed E-state index contributed by atoms with van der Waals surface area (Å²) in [6, 6.07) is 11.6. The van der Waals surface area contributed by atoms with Gasteiger partial charge in [-0.25, -0.2) is 0 Å². The summed E-state index contributed by atoms with van der Waals surface area (Å²) < 4.78 is 10.8. The zero-order valence-corrected chi connectivity index (χ0v) is 13.0. The second-order valence-electron chi connectivity index (χ2n) is 4.30. The van der Waals surface area contributed by atoms with Crippen LogP contribution in [0.15, 0.2) is 40.8 Å². The van der Waals surface area contributed by atoms with Gasteiger partial charge in [-0.15, -0.1) is 12.4 Å². The Morgan fingerprint density at radius 1 is 1.15 bits per heavy atom. The van der Waals surface area contributed by atoms with Gasteiger partial charge in [0, 0.05) is 24.3 Å². The van der Waals surface area contributed by atoms with Gasteiger partial charge in [-0.05, 0) is 49.4 Å². The molecule has 0 saturated heterocycles. The Labute approximate surface area is 130 Å². The molecule has 0 spiro atoms. The van der Waals surface area contributed by atoms with Crippen molar-refractivity contribution in [2.75, 3.05) is 20.3 Å². The molecule has 0 bridgehead atoms. The summed E-state index contributed by atoms with van der Waals surface area (Å²) in [7, 11) is 1.71. The summed E-state index contributed by atoms with van der Waals surface area (Å²) >= 11 is 5.86. The van der Waals surface area contributed by atoms with Crippen LogP contribution in [0, 0.1) is 0 Å². The summed E-state index contributed by atoms with van der Waals surface area (Å²) in [4.78, 5) is 0. The molecule has 0 aliphatic carbocycles. The molecule has 1 aromatic carbocycles. The molecule has 5 heteroatoms. The van der Waals surface area contributed by atoms with Crippen LogP contribution >= 0.6 is 24.0 Å². The fourth-order valence-corrected chi connectivity index (χ4v) is 1.92. The molecule has 0 saturated carbocycles. The third-order valence-corrected chi connectivity index (χ3v) is 3.04. The Kier molecular flexibility index (Phi) is 7.70. The Bertz CT molecular complexity index is 497. The topological polar surface area (TPSA) is 34.4 Å². The predicted molar refractivity (Wildman–Crippen MR) is 84.6 cm³/mol. The minimum absolute atomic E-state index is 0. The summed E-state index contributed by atoms with van der Waals surface area (Å²) in [5.41, 5.74) is 1.04. The van der Waals surface area contributed by atoms with E-state index in [0.29, 0.717) is 0 Å². The lowest BCUT2D eigenvalue weighted by Crippen LogP contribution is -2.15. The van der Waals surface area contributed by atoms with E-state index in [2.05, 4.69) is 5.32 Å². The van der Waals surface area contributed by atoms with Crippen LogP contribution in [0.3, 0.4) is 0 Å². The number of ether oxygens (including phenoxy) is 1. The van der Waals surface area contributed by atoms with E-state index in [1.54, 1.807) is 7.11 Å². The minimum atomic E-state index is 0. The maximum atomic E-state index is 5.86. The smallest absolute Gasteiger partial charge is 0.134 e. The molecule has 0 fully saturated rings. The van der Waals surface area contributed by atoms with Gasteiger partial charge in [0.15, 0.2) is 0 Å². The second kappa shape index (κ2) is 9.03. The molecule has 110 valence electrons. The molecule has 0 atom stereocenters. The molecule has 0 aliphatic heterocycles. The molecule has 0 amide bonds. The fraction of sp³-hybridized carbons (Fsp3) is 0.333. The Morgan fingerprint density at radius 2 is 1.90 bits per heavy atom. The second-order valence-corrected chi connectivity index (χ2v) is 4.73. The zero-order chi connectivity index (χ0) is 13.5. The van der Waals surface area contributed by atoms with E-state index in [-0.39, 0.29) is 12.4 Å². The van der Waals surface area contributed by atoms with Crippen molar-refractivity contribution in [2.24, 2.45) is 0 Å². The standard InChI is InChI=1S/C15H18ClNO2.ClH/c1-18-10-2-9-17-11-14-7-8-15(19-14)12-3-5-13(16)6-4-12;/h3-8,17H,2,9-11H2,1H3;1H. The molecule has 1 N–H and O–H groups in total. The average molecular weight is 316 g/mol. The van der Waals surface area contributed by atoms with Gasteiger partial charge in [0.05, 0.1) is 6.54 Å². The third-order valence-electron chi connectivity index (χ3n) is 2.79. The SMILES string of the molecule is COCCCNCc1ccc(-c2ccc(Cl)cc2)o1.Cl. The highest BCUT2D eigenvalue weighted by molar-refractivity contribution is 6.30. The van der Waals surface area contributed by atoms with Crippen molar-refractivity contribution in [3.63, 3.8) is 0 Å². The maximum Gasteiger partial charge on any atom is 0.134 e. The molecule has 1 aromatic heterocycles. The molecule has 20 heavy (non-hydrogen) atoms.